The van der Waals surface area contributed by atoms with Gasteiger partial charge in [0.25, 0.3) is 0 Å². The Morgan fingerprint density at radius 1 is 0.707 bits per heavy atom. The monoisotopic (exact) mass is 549 g/mol. The van der Waals surface area contributed by atoms with E-state index in [-0.39, 0.29) is 0 Å². The van der Waals surface area contributed by atoms with Crippen LogP contribution in [0.4, 0.5) is 11.4 Å². The Hall–Kier alpha value is -4.98. The minimum Gasteiger partial charge on any atom is -0.497 e. The van der Waals surface area contributed by atoms with Crippen LogP contribution in [0.15, 0.2) is 110 Å². The fourth-order valence-electron chi connectivity index (χ4n) is 4.46. The quantitative estimate of drug-likeness (QED) is 0.167. The van der Waals surface area contributed by atoms with Crippen LogP contribution in [-0.4, -0.2) is 49.2 Å². The van der Waals surface area contributed by atoms with E-state index in [4.69, 9.17) is 14.2 Å². The summed E-state index contributed by atoms with van der Waals surface area (Å²) in [6, 6.07) is 30.5. The Kier molecular flexibility index (Phi) is 9.01. The van der Waals surface area contributed by atoms with Gasteiger partial charge in [-0.3, -0.25) is 0 Å². The van der Waals surface area contributed by atoms with Gasteiger partial charge in [0.2, 0.25) is 5.88 Å². The number of hydrogen-bond acceptors (Lipinski definition) is 7. The minimum atomic E-state index is 0.382. The number of benzene rings is 3. The molecule has 0 bridgehead atoms. The van der Waals surface area contributed by atoms with Crippen molar-refractivity contribution in [1.29, 1.82) is 0 Å². The standard InChI is InChI=1S/C33H35N5O3/c1-36(2)29-8-5-10-32(22-29)40-19-20-41-33-23-30(15-17-34-33)37(25-27-7-4-9-31(21-27)39-3)24-26-11-13-28(14-12-26)38-18-6-16-35-38/h4-18,21-23H,19-20,24-25H2,1-3H3. The van der Waals surface area contributed by atoms with Crippen LogP contribution in [0, 0.1) is 0 Å². The number of ether oxygens (including phenoxy) is 3. The number of methoxy groups -OCH3 is 1. The first-order chi connectivity index (χ1) is 20.1. The van der Waals surface area contributed by atoms with Gasteiger partial charge in [-0.1, -0.05) is 30.3 Å². The van der Waals surface area contributed by atoms with E-state index in [2.05, 4.69) is 51.4 Å². The van der Waals surface area contributed by atoms with Gasteiger partial charge in [-0.25, -0.2) is 9.67 Å². The highest BCUT2D eigenvalue weighted by molar-refractivity contribution is 5.51. The van der Waals surface area contributed by atoms with Crippen molar-refractivity contribution in [2.75, 3.05) is 44.2 Å². The number of anilines is 2. The summed E-state index contributed by atoms with van der Waals surface area (Å²) in [5.41, 5.74) is 5.44. The predicted molar refractivity (Wildman–Crippen MR) is 162 cm³/mol. The van der Waals surface area contributed by atoms with Crippen molar-refractivity contribution in [2.24, 2.45) is 0 Å². The van der Waals surface area contributed by atoms with E-state index in [1.165, 1.54) is 5.56 Å². The van der Waals surface area contributed by atoms with Gasteiger partial charge in [0.05, 0.1) is 12.8 Å². The molecule has 0 aliphatic rings. The van der Waals surface area contributed by atoms with Crippen LogP contribution >= 0.6 is 0 Å². The van der Waals surface area contributed by atoms with Gasteiger partial charge in [-0.2, -0.15) is 5.10 Å². The number of pyridine rings is 1. The molecular formula is C33H35N5O3. The first kappa shape index (κ1) is 27.6. The second-order valence-corrected chi connectivity index (χ2v) is 9.77. The summed E-state index contributed by atoms with van der Waals surface area (Å²) in [5.74, 6) is 2.20. The zero-order valence-corrected chi connectivity index (χ0v) is 23.7. The molecule has 0 radical (unpaired) electrons. The summed E-state index contributed by atoms with van der Waals surface area (Å²) in [6.07, 6.45) is 5.50. The third kappa shape index (κ3) is 7.57. The summed E-state index contributed by atoms with van der Waals surface area (Å²) in [6.45, 7) is 2.19. The van der Waals surface area contributed by atoms with Crippen molar-refractivity contribution in [3.05, 3.63) is 121 Å². The van der Waals surface area contributed by atoms with E-state index in [0.717, 1.165) is 34.1 Å². The molecule has 2 aromatic heterocycles. The van der Waals surface area contributed by atoms with Gasteiger partial charge < -0.3 is 24.0 Å². The molecule has 8 heteroatoms. The molecule has 0 aliphatic heterocycles. The first-order valence-corrected chi connectivity index (χ1v) is 13.5. The molecule has 0 unspecified atom stereocenters. The summed E-state index contributed by atoms with van der Waals surface area (Å²) in [4.78, 5) is 8.79. The van der Waals surface area contributed by atoms with Crippen molar-refractivity contribution >= 4 is 11.4 Å². The number of rotatable bonds is 13. The van der Waals surface area contributed by atoms with E-state index in [1.807, 2.05) is 84.5 Å². The molecular weight excluding hydrogens is 514 g/mol. The lowest BCUT2D eigenvalue weighted by molar-refractivity contribution is 0.212. The Morgan fingerprint density at radius 3 is 2.27 bits per heavy atom. The molecule has 8 nitrogen and oxygen atoms in total. The van der Waals surface area contributed by atoms with E-state index in [9.17, 15) is 0 Å². The van der Waals surface area contributed by atoms with Crippen LogP contribution in [0.2, 0.25) is 0 Å². The highest BCUT2D eigenvalue weighted by atomic mass is 16.5. The molecule has 3 aromatic carbocycles. The molecule has 0 fully saturated rings. The SMILES string of the molecule is COc1cccc(CN(Cc2ccc(-n3cccn3)cc2)c2ccnc(OCCOc3cccc(N(C)C)c3)c2)c1. The Balaban J connectivity index is 1.28. The number of hydrogen-bond donors (Lipinski definition) is 0. The Bertz CT molecular complexity index is 1520. The van der Waals surface area contributed by atoms with Gasteiger partial charge in [-0.05, 0) is 59.7 Å². The van der Waals surface area contributed by atoms with Crippen molar-refractivity contribution < 1.29 is 14.2 Å². The fourth-order valence-corrected chi connectivity index (χ4v) is 4.46. The van der Waals surface area contributed by atoms with E-state index >= 15 is 0 Å². The predicted octanol–water partition coefficient (Wildman–Crippen LogP) is 6.01. The first-order valence-electron chi connectivity index (χ1n) is 13.5. The van der Waals surface area contributed by atoms with Crippen LogP contribution in [0.3, 0.4) is 0 Å². The number of aromatic nitrogens is 3. The molecule has 0 N–H and O–H groups in total. The maximum atomic E-state index is 5.99. The average Bonchev–Trinajstić information content (AvgIpc) is 3.55. The van der Waals surface area contributed by atoms with Gasteiger partial charge in [0.15, 0.2) is 0 Å². The molecule has 0 atom stereocenters. The summed E-state index contributed by atoms with van der Waals surface area (Å²) in [5, 5.41) is 4.33. The molecule has 0 saturated heterocycles. The molecule has 5 rings (SSSR count). The molecule has 2 heterocycles. The average molecular weight is 550 g/mol. The van der Waals surface area contributed by atoms with Crippen molar-refractivity contribution in [2.45, 2.75) is 13.1 Å². The lowest BCUT2D eigenvalue weighted by Crippen LogP contribution is -2.22. The number of nitrogens with zero attached hydrogens (tertiary/aromatic N) is 5. The lowest BCUT2D eigenvalue weighted by atomic mass is 10.1. The topological polar surface area (TPSA) is 64.9 Å². The smallest absolute Gasteiger partial charge is 0.215 e. The molecule has 0 saturated carbocycles. The maximum Gasteiger partial charge on any atom is 0.215 e. The highest BCUT2D eigenvalue weighted by Crippen LogP contribution is 2.25. The van der Waals surface area contributed by atoms with Crippen LogP contribution in [0.5, 0.6) is 17.4 Å². The summed E-state index contributed by atoms with van der Waals surface area (Å²) >= 11 is 0. The van der Waals surface area contributed by atoms with Gasteiger partial charge in [0.1, 0.15) is 24.7 Å². The Labute approximate surface area is 241 Å². The summed E-state index contributed by atoms with van der Waals surface area (Å²) in [7, 11) is 5.71. The third-order valence-electron chi connectivity index (χ3n) is 6.61. The summed E-state index contributed by atoms with van der Waals surface area (Å²) < 4.78 is 19.2. The molecule has 0 amide bonds. The van der Waals surface area contributed by atoms with Crippen LogP contribution < -0.4 is 24.0 Å². The van der Waals surface area contributed by atoms with Crippen LogP contribution in [0.25, 0.3) is 5.69 Å². The van der Waals surface area contributed by atoms with E-state index < -0.39 is 0 Å². The van der Waals surface area contributed by atoms with Crippen LogP contribution in [0.1, 0.15) is 11.1 Å². The molecule has 210 valence electrons. The third-order valence-corrected chi connectivity index (χ3v) is 6.61. The second kappa shape index (κ2) is 13.4. The van der Waals surface area contributed by atoms with E-state index in [0.29, 0.717) is 32.2 Å². The van der Waals surface area contributed by atoms with Crippen LogP contribution in [-0.2, 0) is 13.1 Å². The lowest BCUT2D eigenvalue weighted by Gasteiger charge is -2.26. The molecule has 5 aromatic rings. The van der Waals surface area contributed by atoms with Gasteiger partial charge in [0, 0.05) is 69.3 Å². The minimum absolute atomic E-state index is 0.382. The molecule has 41 heavy (non-hydrogen) atoms. The van der Waals surface area contributed by atoms with Crippen molar-refractivity contribution in [3.63, 3.8) is 0 Å². The van der Waals surface area contributed by atoms with Gasteiger partial charge >= 0.3 is 0 Å². The second-order valence-electron chi connectivity index (χ2n) is 9.77. The van der Waals surface area contributed by atoms with Crippen molar-refractivity contribution in [3.8, 4) is 23.1 Å². The van der Waals surface area contributed by atoms with E-state index in [1.54, 1.807) is 19.5 Å². The maximum absolute atomic E-state index is 5.99. The molecule has 0 aliphatic carbocycles. The largest absolute Gasteiger partial charge is 0.497 e. The Morgan fingerprint density at radius 2 is 1.49 bits per heavy atom. The zero-order chi connectivity index (χ0) is 28.4. The van der Waals surface area contributed by atoms with Gasteiger partial charge in [-0.15, -0.1) is 0 Å². The fraction of sp³-hybridized carbons (Fsp3) is 0.212. The van der Waals surface area contributed by atoms with Crippen molar-refractivity contribution in [1.82, 2.24) is 14.8 Å². The normalized spacial score (nSPS) is 10.7. The molecule has 0 spiro atoms. The highest BCUT2D eigenvalue weighted by Gasteiger charge is 2.12. The zero-order valence-electron chi connectivity index (χ0n) is 23.7.